The molecule has 54 heavy (non-hydrogen) atoms. The van der Waals surface area contributed by atoms with Gasteiger partial charge in [0.25, 0.3) is 0 Å². The van der Waals surface area contributed by atoms with Gasteiger partial charge in [-0.15, -0.1) is 0 Å². The number of hydrogen-bond donors (Lipinski definition) is 0. The molecule has 10 heteroatoms. The number of carbonyl (C=O) groups is 1. The van der Waals surface area contributed by atoms with E-state index in [9.17, 15) is 4.79 Å². The summed E-state index contributed by atoms with van der Waals surface area (Å²) < 4.78 is 37.6. The number of esters is 1. The van der Waals surface area contributed by atoms with Gasteiger partial charge in [-0.25, -0.2) is 4.79 Å². The van der Waals surface area contributed by atoms with E-state index in [0.717, 1.165) is 60.4 Å². The maximum absolute atomic E-state index is 13.9. The third-order valence-electron chi connectivity index (χ3n) is 10.9. The van der Waals surface area contributed by atoms with Crippen LogP contribution in [0.5, 0.6) is 46.0 Å². The van der Waals surface area contributed by atoms with Gasteiger partial charge in [0.1, 0.15) is 5.75 Å². The predicted molar refractivity (Wildman–Crippen MR) is 208 cm³/mol. The minimum atomic E-state index is -0.586. The molecule has 0 fully saturated rings. The van der Waals surface area contributed by atoms with Crippen LogP contribution in [0.15, 0.2) is 84.9 Å². The van der Waals surface area contributed by atoms with Gasteiger partial charge in [0.2, 0.25) is 5.75 Å². The first-order valence-corrected chi connectivity index (χ1v) is 18.5. The van der Waals surface area contributed by atoms with Gasteiger partial charge in [0.05, 0.1) is 26.9 Å². The molecular weight excluding hydrogens is 704 g/mol. The van der Waals surface area contributed by atoms with E-state index in [1.54, 1.807) is 45.6 Å². The van der Waals surface area contributed by atoms with Crippen molar-refractivity contribution in [1.29, 1.82) is 0 Å². The average molecular weight is 747 g/mol. The lowest BCUT2D eigenvalue weighted by atomic mass is 9.87. The van der Waals surface area contributed by atoms with E-state index in [4.69, 9.17) is 40.0 Å². The number of ether oxygens (including phenoxy) is 6. The Morgan fingerprint density at radius 2 is 1.37 bits per heavy atom. The number of rotatable bonds is 5. The minimum Gasteiger partial charge on any atom is -0.493 e. The Kier molecular flexibility index (Phi) is 9.87. The molecule has 4 aliphatic rings. The maximum Gasteiger partial charge on any atom is 0.343 e. The van der Waals surface area contributed by atoms with Gasteiger partial charge in [0.15, 0.2) is 34.5 Å². The molecule has 0 saturated carbocycles. The zero-order valence-electron chi connectivity index (χ0n) is 31.1. The zero-order chi connectivity index (χ0) is 37.5. The number of likely N-dealkylation sites (N-methyl/N-ethyl adjacent to an activating group) is 2. The fraction of sp³-hybridized carbons (Fsp3) is 0.295. The summed E-state index contributed by atoms with van der Waals surface area (Å²) in [6.45, 7) is 1.70. The third-order valence-corrected chi connectivity index (χ3v) is 11.1. The first-order valence-electron chi connectivity index (χ1n) is 18.2. The van der Waals surface area contributed by atoms with Gasteiger partial charge in [-0.05, 0) is 128 Å². The van der Waals surface area contributed by atoms with E-state index in [1.165, 1.54) is 11.1 Å². The van der Waals surface area contributed by atoms with Crippen molar-refractivity contribution in [2.45, 2.75) is 37.8 Å². The average Bonchev–Trinajstić information content (AvgIpc) is 3.18. The summed E-state index contributed by atoms with van der Waals surface area (Å²) in [5.74, 6) is 3.50. The number of fused-ring (bicyclic) bond motifs is 2. The van der Waals surface area contributed by atoms with Gasteiger partial charge >= 0.3 is 5.97 Å². The van der Waals surface area contributed by atoms with Crippen molar-refractivity contribution in [3.05, 3.63) is 129 Å². The topological polar surface area (TPSA) is 78.9 Å². The highest BCUT2D eigenvalue weighted by atomic mass is 35.5. The Bertz CT molecular complexity index is 2220. The van der Waals surface area contributed by atoms with Gasteiger partial charge < -0.3 is 28.4 Å². The van der Waals surface area contributed by atoms with Crippen LogP contribution in [0, 0.1) is 0 Å². The van der Waals surface area contributed by atoms with Crippen LogP contribution in [0.1, 0.15) is 55.8 Å². The summed E-state index contributed by atoms with van der Waals surface area (Å²) in [4.78, 5) is 18.6. The Hall–Kier alpha value is -5.22. The van der Waals surface area contributed by atoms with Crippen LogP contribution >= 0.6 is 11.6 Å². The van der Waals surface area contributed by atoms with Gasteiger partial charge in [-0.1, -0.05) is 35.9 Å². The van der Waals surface area contributed by atoms with Crippen molar-refractivity contribution < 1.29 is 33.2 Å². The molecule has 0 aliphatic carbocycles. The zero-order valence-corrected chi connectivity index (χ0v) is 31.9. The maximum atomic E-state index is 13.9. The summed E-state index contributed by atoms with van der Waals surface area (Å²) >= 11 is 6.30. The number of hydrogen-bond acceptors (Lipinski definition) is 9. The minimum absolute atomic E-state index is 0.0719. The van der Waals surface area contributed by atoms with Crippen LogP contribution in [-0.2, 0) is 25.7 Å². The van der Waals surface area contributed by atoms with E-state index in [2.05, 4.69) is 54.2 Å². The Morgan fingerprint density at radius 3 is 2.11 bits per heavy atom. The first-order chi connectivity index (χ1) is 26.2. The van der Waals surface area contributed by atoms with Crippen molar-refractivity contribution in [2.75, 3.05) is 48.5 Å². The van der Waals surface area contributed by atoms with Gasteiger partial charge in [0, 0.05) is 35.8 Å². The molecular formula is C44H43ClN2O7. The molecule has 4 aliphatic heterocycles. The smallest absolute Gasteiger partial charge is 0.343 e. The second kappa shape index (κ2) is 14.9. The molecule has 0 amide bonds. The number of methoxy groups -OCH3 is 3. The second-order valence-electron chi connectivity index (χ2n) is 14.1. The molecule has 9 rings (SSSR count). The van der Waals surface area contributed by atoms with Crippen molar-refractivity contribution in [3.8, 4) is 46.0 Å². The molecule has 5 aromatic rings. The molecule has 5 aromatic carbocycles. The lowest BCUT2D eigenvalue weighted by molar-refractivity contribution is 0.0724. The van der Waals surface area contributed by atoms with Crippen molar-refractivity contribution in [1.82, 2.24) is 9.80 Å². The Labute approximate surface area is 320 Å². The van der Waals surface area contributed by atoms with E-state index in [-0.39, 0.29) is 17.8 Å². The fourth-order valence-corrected chi connectivity index (χ4v) is 8.14. The third kappa shape index (κ3) is 6.83. The molecule has 0 N–H and O–H groups in total. The lowest BCUT2D eigenvalue weighted by Gasteiger charge is -2.37. The molecule has 0 unspecified atom stereocenters. The first kappa shape index (κ1) is 35.8. The Morgan fingerprint density at radius 1 is 0.704 bits per heavy atom. The summed E-state index contributed by atoms with van der Waals surface area (Å²) in [6, 6.07) is 27.1. The quantitative estimate of drug-likeness (QED) is 0.129. The molecule has 9 nitrogen and oxygen atoms in total. The van der Waals surface area contributed by atoms with E-state index >= 15 is 0 Å². The fourth-order valence-electron chi connectivity index (χ4n) is 7.95. The van der Waals surface area contributed by atoms with Gasteiger partial charge in [-0.2, -0.15) is 0 Å². The Balaban J connectivity index is 1.36. The molecule has 0 spiro atoms. The van der Waals surface area contributed by atoms with E-state index in [1.807, 2.05) is 30.3 Å². The highest BCUT2D eigenvalue weighted by molar-refractivity contribution is 6.30. The summed E-state index contributed by atoms with van der Waals surface area (Å²) in [6.07, 6.45) is 2.98. The van der Waals surface area contributed by atoms with Crippen molar-refractivity contribution >= 4 is 17.6 Å². The number of halogens is 1. The van der Waals surface area contributed by atoms with Crippen LogP contribution in [-0.4, -0.2) is 64.3 Å². The number of nitrogens with zero attached hydrogens (tertiary/aromatic N) is 2. The molecule has 0 radical (unpaired) electrons. The highest BCUT2D eigenvalue weighted by Crippen LogP contribution is 2.52. The van der Waals surface area contributed by atoms with E-state index < -0.39 is 5.97 Å². The van der Waals surface area contributed by atoms with Crippen molar-refractivity contribution in [2.24, 2.45) is 0 Å². The summed E-state index contributed by atoms with van der Waals surface area (Å²) in [7, 11) is 9.14. The summed E-state index contributed by atoms with van der Waals surface area (Å²) in [5, 5.41) is 0.427. The molecule has 278 valence electrons. The normalized spacial score (nSPS) is 18.0. The van der Waals surface area contributed by atoms with Gasteiger partial charge in [-0.3, -0.25) is 9.80 Å². The second-order valence-corrected chi connectivity index (χ2v) is 14.6. The number of benzene rings is 5. The molecule has 4 heterocycles. The van der Waals surface area contributed by atoms with Crippen LogP contribution in [0.3, 0.4) is 0 Å². The van der Waals surface area contributed by atoms with Crippen LogP contribution in [0.2, 0.25) is 5.02 Å². The monoisotopic (exact) mass is 746 g/mol. The molecule has 2 atom stereocenters. The molecule has 0 aromatic heterocycles. The van der Waals surface area contributed by atoms with Crippen LogP contribution in [0.4, 0.5) is 0 Å². The van der Waals surface area contributed by atoms with Crippen LogP contribution in [0.25, 0.3) is 0 Å². The largest absolute Gasteiger partial charge is 0.493 e. The molecule has 0 saturated heterocycles. The predicted octanol–water partition coefficient (Wildman–Crippen LogP) is 9.03. The molecule has 6 bridgehead atoms. The SMILES string of the molecule is COc1ccc2cc1Oc1ccc(cc1)C[C@H]1c3cc(c(OC)cc3CCN1C)Oc1c(OC(=O)c3cccc(Cl)c3)c(OC)cc3c1[C@H](C2)N(C)CC3. The van der Waals surface area contributed by atoms with Crippen LogP contribution < -0.4 is 28.4 Å². The lowest BCUT2D eigenvalue weighted by Crippen LogP contribution is -2.34. The number of carbonyl (C=O) groups excluding carboxylic acids is 1. The highest BCUT2D eigenvalue weighted by Gasteiger charge is 2.36. The summed E-state index contributed by atoms with van der Waals surface area (Å²) in [5.41, 5.74) is 6.82. The van der Waals surface area contributed by atoms with E-state index in [0.29, 0.717) is 51.5 Å². The van der Waals surface area contributed by atoms with Crippen molar-refractivity contribution in [3.63, 3.8) is 0 Å². The standard InChI is InChI=1S/C44H43ClN2O7/c1-46-17-15-28-23-37(50-4)39-25-33(28)34(46)19-26-9-12-32(13-10-26)52-38-21-27(11-14-36(38)49-3)20-35-41-29(16-18-47(35)2)24-40(51-5)42(43(41)53-39)54-44(48)30-7-6-8-31(45)22-30/h6-14,21-25,34-35H,15-20H2,1-5H3/t34-,35-/m0/s1.